The van der Waals surface area contributed by atoms with Gasteiger partial charge in [-0.15, -0.1) is 0 Å². The summed E-state index contributed by atoms with van der Waals surface area (Å²) in [6.07, 6.45) is 3.44. The van der Waals surface area contributed by atoms with E-state index in [0.717, 1.165) is 11.3 Å². The Balaban J connectivity index is 1.85. The summed E-state index contributed by atoms with van der Waals surface area (Å²) in [6.45, 7) is 2.53. The fraction of sp³-hybridized carbons (Fsp3) is 0.250. The Hall–Kier alpha value is -2.17. The maximum Gasteiger partial charge on any atom is 0.226 e. The predicted molar refractivity (Wildman–Crippen MR) is 64.4 cm³/mol. The third-order valence-electron chi connectivity index (χ3n) is 2.34. The van der Waals surface area contributed by atoms with Crippen molar-refractivity contribution in [2.24, 2.45) is 0 Å². The lowest BCUT2D eigenvalue weighted by atomic mass is 10.2. The summed E-state index contributed by atoms with van der Waals surface area (Å²) < 4.78 is 1.63. The molecular formula is C12H14N4O. The Labute approximate surface area is 99.5 Å². The Morgan fingerprint density at radius 1 is 1.47 bits per heavy atom. The fourth-order valence-electron chi connectivity index (χ4n) is 1.51. The fourth-order valence-corrected chi connectivity index (χ4v) is 1.51. The molecule has 1 heterocycles. The van der Waals surface area contributed by atoms with Crippen molar-refractivity contribution in [3.63, 3.8) is 0 Å². The number of benzene rings is 1. The smallest absolute Gasteiger partial charge is 0.226 e. The van der Waals surface area contributed by atoms with Gasteiger partial charge in [-0.05, 0) is 24.6 Å². The third-order valence-corrected chi connectivity index (χ3v) is 2.34. The normalized spacial score (nSPS) is 10.2. The van der Waals surface area contributed by atoms with Crippen LogP contribution in [0.5, 0.6) is 0 Å². The van der Waals surface area contributed by atoms with Gasteiger partial charge in [0.05, 0.1) is 6.54 Å². The molecule has 0 spiro atoms. The Bertz CT molecular complexity index is 493. The quantitative estimate of drug-likeness (QED) is 0.868. The lowest BCUT2D eigenvalue weighted by molar-refractivity contribution is -0.116. The number of anilines is 1. The number of aromatic nitrogens is 3. The first-order valence-corrected chi connectivity index (χ1v) is 5.43. The minimum atomic E-state index is -0.0221. The highest BCUT2D eigenvalue weighted by molar-refractivity contribution is 5.90. The molecule has 1 aromatic heterocycles. The average molecular weight is 230 g/mol. The van der Waals surface area contributed by atoms with Gasteiger partial charge in [0, 0.05) is 12.1 Å². The molecule has 0 unspecified atom stereocenters. The lowest BCUT2D eigenvalue weighted by Gasteiger charge is -2.05. The zero-order valence-corrected chi connectivity index (χ0v) is 9.63. The molecule has 2 rings (SSSR count). The van der Waals surface area contributed by atoms with Crippen LogP contribution in [0.2, 0.25) is 0 Å². The molecule has 17 heavy (non-hydrogen) atoms. The average Bonchev–Trinajstić information content (AvgIpc) is 2.79. The van der Waals surface area contributed by atoms with E-state index in [2.05, 4.69) is 15.4 Å². The van der Waals surface area contributed by atoms with E-state index in [4.69, 9.17) is 0 Å². The molecule has 0 fully saturated rings. The Morgan fingerprint density at radius 3 is 3.06 bits per heavy atom. The van der Waals surface area contributed by atoms with Crippen LogP contribution in [0.1, 0.15) is 12.0 Å². The number of hydrogen-bond donors (Lipinski definition) is 1. The summed E-state index contributed by atoms with van der Waals surface area (Å²) in [5.74, 6) is -0.0221. The van der Waals surface area contributed by atoms with Crippen molar-refractivity contribution in [3.8, 4) is 0 Å². The highest BCUT2D eigenvalue weighted by Gasteiger charge is 2.03. The van der Waals surface area contributed by atoms with E-state index in [1.54, 1.807) is 11.0 Å². The number of amides is 1. The second-order valence-electron chi connectivity index (χ2n) is 3.83. The van der Waals surface area contributed by atoms with Crippen LogP contribution in [0.3, 0.4) is 0 Å². The largest absolute Gasteiger partial charge is 0.326 e. The summed E-state index contributed by atoms with van der Waals surface area (Å²) >= 11 is 0. The maximum atomic E-state index is 11.6. The molecule has 0 aliphatic carbocycles. The van der Waals surface area contributed by atoms with Crippen LogP contribution < -0.4 is 5.32 Å². The van der Waals surface area contributed by atoms with E-state index in [9.17, 15) is 4.79 Å². The molecule has 0 bridgehead atoms. The van der Waals surface area contributed by atoms with E-state index in [0.29, 0.717) is 13.0 Å². The molecule has 0 atom stereocenters. The van der Waals surface area contributed by atoms with Crippen LogP contribution in [-0.2, 0) is 11.3 Å². The van der Waals surface area contributed by atoms with Gasteiger partial charge >= 0.3 is 0 Å². The number of nitrogens with one attached hydrogen (secondary N) is 1. The van der Waals surface area contributed by atoms with Gasteiger partial charge in [0.25, 0.3) is 0 Å². The van der Waals surface area contributed by atoms with Crippen molar-refractivity contribution < 1.29 is 4.79 Å². The van der Waals surface area contributed by atoms with Crippen LogP contribution >= 0.6 is 0 Å². The number of rotatable bonds is 4. The second kappa shape index (κ2) is 5.25. The van der Waals surface area contributed by atoms with Gasteiger partial charge < -0.3 is 5.32 Å². The predicted octanol–water partition coefficient (Wildman–Crippen LogP) is 1.62. The molecule has 88 valence electrons. The highest BCUT2D eigenvalue weighted by atomic mass is 16.1. The minimum absolute atomic E-state index is 0.0221. The van der Waals surface area contributed by atoms with Crippen LogP contribution in [0.25, 0.3) is 0 Å². The minimum Gasteiger partial charge on any atom is -0.326 e. The molecule has 0 radical (unpaired) electrons. The number of carbonyl (C=O) groups excluding carboxylic acids is 1. The molecule has 0 aliphatic heterocycles. The zero-order valence-electron chi connectivity index (χ0n) is 9.63. The van der Waals surface area contributed by atoms with Crippen LogP contribution in [-0.4, -0.2) is 20.7 Å². The second-order valence-corrected chi connectivity index (χ2v) is 3.83. The first kappa shape index (κ1) is 11.3. The van der Waals surface area contributed by atoms with Gasteiger partial charge in [0.2, 0.25) is 5.91 Å². The molecule has 0 aliphatic rings. The van der Waals surface area contributed by atoms with E-state index < -0.39 is 0 Å². The van der Waals surface area contributed by atoms with E-state index in [1.807, 2.05) is 31.2 Å². The molecule has 1 aromatic carbocycles. The van der Waals surface area contributed by atoms with E-state index in [-0.39, 0.29) is 5.91 Å². The summed E-state index contributed by atoms with van der Waals surface area (Å²) in [7, 11) is 0. The first-order chi connectivity index (χ1) is 8.24. The van der Waals surface area contributed by atoms with Gasteiger partial charge in [-0.1, -0.05) is 12.1 Å². The SMILES string of the molecule is Cc1cccc(NC(=O)CCn2cncn2)c1. The van der Waals surface area contributed by atoms with Crippen LogP contribution in [0.4, 0.5) is 5.69 Å². The van der Waals surface area contributed by atoms with E-state index >= 15 is 0 Å². The van der Waals surface area contributed by atoms with Crippen molar-refractivity contribution in [3.05, 3.63) is 42.5 Å². The van der Waals surface area contributed by atoms with Gasteiger partial charge in [0.1, 0.15) is 12.7 Å². The van der Waals surface area contributed by atoms with E-state index in [1.165, 1.54) is 6.33 Å². The molecular weight excluding hydrogens is 216 g/mol. The zero-order chi connectivity index (χ0) is 12.1. The number of hydrogen-bond acceptors (Lipinski definition) is 3. The molecule has 5 heteroatoms. The molecule has 1 N–H and O–H groups in total. The Morgan fingerprint density at radius 2 is 2.35 bits per heavy atom. The molecule has 2 aromatic rings. The van der Waals surface area contributed by atoms with Gasteiger partial charge in [-0.25, -0.2) is 4.98 Å². The summed E-state index contributed by atoms with van der Waals surface area (Å²) in [5, 5.41) is 6.78. The monoisotopic (exact) mass is 230 g/mol. The number of carbonyl (C=O) groups is 1. The van der Waals surface area contributed by atoms with Crippen molar-refractivity contribution >= 4 is 11.6 Å². The highest BCUT2D eigenvalue weighted by Crippen LogP contribution is 2.09. The van der Waals surface area contributed by atoms with Crippen LogP contribution in [0.15, 0.2) is 36.9 Å². The van der Waals surface area contributed by atoms with Crippen LogP contribution in [0, 0.1) is 6.92 Å². The molecule has 0 saturated heterocycles. The maximum absolute atomic E-state index is 11.6. The van der Waals surface area contributed by atoms with Crippen molar-refractivity contribution in [1.29, 1.82) is 0 Å². The molecule has 5 nitrogen and oxygen atoms in total. The number of nitrogens with zero attached hydrogens (tertiary/aromatic N) is 3. The summed E-state index contributed by atoms with van der Waals surface area (Å²) in [6, 6.07) is 7.72. The summed E-state index contributed by atoms with van der Waals surface area (Å²) in [5.41, 5.74) is 1.95. The van der Waals surface area contributed by atoms with Gasteiger partial charge in [-0.3, -0.25) is 9.48 Å². The van der Waals surface area contributed by atoms with Gasteiger partial charge in [-0.2, -0.15) is 5.10 Å². The molecule has 1 amide bonds. The first-order valence-electron chi connectivity index (χ1n) is 5.43. The lowest BCUT2D eigenvalue weighted by Crippen LogP contribution is -2.14. The molecule has 0 saturated carbocycles. The van der Waals surface area contributed by atoms with Crippen molar-refractivity contribution in [2.75, 3.05) is 5.32 Å². The van der Waals surface area contributed by atoms with Crippen molar-refractivity contribution in [2.45, 2.75) is 19.9 Å². The standard InChI is InChI=1S/C12H14N4O/c1-10-3-2-4-11(7-10)15-12(17)5-6-16-9-13-8-14-16/h2-4,7-9H,5-6H2,1H3,(H,15,17). The Kier molecular flexibility index (Phi) is 3.49. The van der Waals surface area contributed by atoms with Crippen molar-refractivity contribution in [1.82, 2.24) is 14.8 Å². The number of aryl methyl sites for hydroxylation is 2. The summed E-state index contributed by atoms with van der Waals surface area (Å²) in [4.78, 5) is 15.5. The third kappa shape index (κ3) is 3.41. The topological polar surface area (TPSA) is 59.8 Å². The van der Waals surface area contributed by atoms with Gasteiger partial charge in [0.15, 0.2) is 0 Å².